The van der Waals surface area contributed by atoms with Crippen molar-refractivity contribution in [3.8, 4) is 5.82 Å². The summed E-state index contributed by atoms with van der Waals surface area (Å²) in [7, 11) is 0. The molecule has 3 heteroatoms. The molecular formula is C18H13ClN2. The summed E-state index contributed by atoms with van der Waals surface area (Å²) in [4.78, 5) is 4.58. The number of hydrogen-bond donors (Lipinski definition) is 0. The lowest BCUT2D eigenvalue weighted by Gasteiger charge is -2.09. The lowest BCUT2D eigenvalue weighted by atomic mass is 10.1. The van der Waals surface area contributed by atoms with Crippen LogP contribution in [0.25, 0.3) is 27.5 Å². The minimum Gasteiger partial charge on any atom is -0.300 e. The van der Waals surface area contributed by atoms with Crippen LogP contribution < -0.4 is 0 Å². The van der Waals surface area contributed by atoms with E-state index in [-0.39, 0.29) is 0 Å². The maximum atomic E-state index is 6.42. The Hall–Kier alpha value is -2.32. The van der Waals surface area contributed by atoms with Crippen molar-refractivity contribution in [2.45, 2.75) is 6.92 Å². The number of fused-ring (bicyclic) bond motifs is 2. The molecule has 0 amide bonds. The van der Waals surface area contributed by atoms with E-state index in [1.54, 1.807) is 0 Å². The number of hydrogen-bond acceptors (Lipinski definition) is 1. The molecule has 102 valence electrons. The largest absolute Gasteiger partial charge is 0.300 e. The number of aryl methyl sites for hydroxylation is 1. The van der Waals surface area contributed by atoms with Crippen LogP contribution in [0, 0.1) is 6.92 Å². The fraction of sp³-hybridized carbons (Fsp3) is 0.0556. The van der Waals surface area contributed by atoms with Crippen molar-refractivity contribution < 1.29 is 0 Å². The smallest absolute Gasteiger partial charge is 0.146 e. The minimum absolute atomic E-state index is 0.728. The summed E-state index contributed by atoms with van der Waals surface area (Å²) < 4.78 is 2.12. The first-order valence-corrected chi connectivity index (χ1v) is 7.24. The summed E-state index contributed by atoms with van der Waals surface area (Å²) in [5.41, 5.74) is 2.38. The molecule has 4 aromatic rings. The van der Waals surface area contributed by atoms with Crippen molar-refractivity contribution in [1.29, 1.82) is 0 Å². The first-order valence-electron chi connectivity index (χ1n) is 6.86. The van der Waals surface area contributed by atoms with E-state index in [0.29, 0.717) is 0 Å². The molecule has 0 radical (unpaired) electrons. The molecule has 2 aromatic heterocycles. The average molecular weight is 293 g/mol. The highest BCUT2D eigenvalue weighted by atomic mass is 35.5. The molecule has 0 spiro atoms. The van der Waals surface area contributed by atoms with E-state index in [4.69, 9.17) is 11.6 Å². The standard InChI is InChI=1S/C18H13ClN2/c1-12-11-21(16-8-3-2-6-14(12)16)18-17-13(9-10-20-18)5-4-7-15(17)19/h2-11H,1H3. The summed E-state index contributed by atoms with van der Waals surface area (Å²) in [5.74, 6) is 0.877. The fourth-order valence-corrected chi connectivity index (χ4v) is 3.14. The Morgan fingerprint density at radius 3 is 2.76 bits per heavy atom. The molecule has 21 heavy (non-hydrogen) atoms. The van der Waals surface area contributed by atoms with Crippen LogP contribution in [0.15, 0.2) is 60.9 Å². The SMILES string of the molecule is Cc1cn(-c2nccc3cccc(Cl)c23)c2ccccc12. The molecule has 0 aliphatic carbocycles. The van der Waals surface area contributed by atoms with Crippen LogP contribution in [0.3, 0.4) is 0 Å². The van der Waals surface area contributed by atoms with Crippen LogP contribution in [0.5, 0.6) is 0 Å². The van der Waals surface area contributed by atoms with Gasteiger partial charge >= 0.3 is 0 Å². The zero-order valence-corrected chi connectivity index (χ0v) is 12.3. The molecule has 0 aliphatic rings. The van der Waals surface area contributed by atoms with Crippen LogP contribution in [0.4, 0.5) is 0 Å². The predicted molar refractivity (Wildman–Crippen MR) is 88.3 cm³/mol. The second-order valence-electron chi connectivity index (χ2n) is 5.17. The first kappa shape index (κ1) is 12.4. The number of aromatic nitrogens is 2. The number of rotatable bonds is 1. The Morgan fingerprint density at radius 2 is 1.86 bits per heavy atom. The van der Waals surface area contributed by atoms with Crippen molar-refractivity contribution in [3.05, 3.63) is 71.5 Å². The Morgan fingerprint density at radius 1 is 1.00 bits per heavy atom. The van der Waals surface area contributed by atoms with Crippen LogP contribution >= 0.6 is 11.6 Å². The Kier molecular flexibility index (Phi) is 2.72. The number of halogens is 1. The van der Waals surface area contributed by atoms with Gasteiger partial charge in [-0.25, -0.2) is 4.98 Å². The predicted octanol–water partition coefficient (Wildman–Crippen LogP) is 5.14. The lowest BCUT2D eigenvalue weighted by Crippen LogP contribution is -1.97. The Balaban J connectivity index is 2.15. The molecule has 0 atom stereocenters. The molecule has 0 aliphatic heterocycles. The second kappa shape index (κ2) is 4.61. The zero-order chi connectivity index (χ0) is 14.4. The summed E-state index contributed by atoms with van der Waals surface area (Å²) in [6.07, 6.45) is 3.95. The van der Waals surface area contributed by atoms with Crippen LogP contribution in [0.1, 0.15) is 5.56 Å². The quantitative estimate of drug-likeness (QED) is 0.475. The molecular weight excluding hydrogens is 280 g/mol. The van der Waals surface area contributed by atoms with Crippen molar-refractivity contribution in [2.75, 3.05) is 0 Å². The third-order valence-corrected chi connectivity index (χ3v) is 4.17. The van der Waals surface area contributed by atoms with E-state index < -0.39 is 0 Å². The van der Waals surface area contributed by atoms with Gasteiger partial charge in [0, 0.05) is 23.2 Å². The van der Waals surface area contributed by atoms with Gasteiger partial charge in [-0.2, -0.15) is 0 Å². The summed E-state index contributed by atoms with van der Waals surface area (Å²) >= 11 is 6.42. The highest BCUT2D eigenvalue weighted by Gasteiger charge is 2.12. The molecule has 0 fully saturated rings. The van der Waals surface area contributed by atoms with E-state index in [1.165, 1.54) is 10.9 Å². The van der Waals surface area contributed by atoms with Crippen molar-refractivity contribution in [2.24, 2.45) is 0 Å². The number of para-hydroxylation sites is 1. The van der Waals surface area contributed by atoms with Gasteiger partial charge in [0.1, 0.15) is 5.82 Å². The average Bonchev–Trinajstić information content (AvgIpc) is 2.85. The number of benzene rings is 2. The molecule has 2 heterocycles. The normalized spacial score (nSPS) is 11.3. The third-order valence-electron chi connectivity index (χ3n) is 3.86. The van der Waals surface area contributed by atoms with Gasteiger partial charge in [-0.1, -0.05) is 41.9 Å². The van der Waals surface area contributed by atoms with E-state index in [0.717, 1.165) is 27.1 Å². The Labute approximate surface area is 127 Å². The van der Waals surface area contributed by atoms with Crippen molar-refractivity contribution in [1.82, 2.24) is 9.55 Å². The van der Waals surface area contributed by atoms with Gasteiger partial charge in [0.15, 0.2) is 0 Å². The lowest BCUT2D eigenvalue weighted by molar-refractivity contribution is 1.06. The maximum absolute atomic E-state index is 6.42. The molecule has 0 unspecified atom stereocenters. The maximum Gasteiger partial charge on any atom is 0.146 e. The van der Waals surface area contributed by atoms with Gasteiger partial charge < -0.3 is 4.57 Å². The monoisotopic (exact) mass is 292 g/mol. The minimum atomic E-state index is 0.728. The topological polar surface area (TPSA) is 17.8 Å². The van der Waals surface area contributed by atoms with E-state index in [2.05, 4.69) is 46.9 Å². The van der Waals surface area contributed by atoms with E-state index in [1.807, 2.05) is 30.5 Å². The van der Waals surface area contributed by atoms with Gasteiger partial charge in [0.05, 0.1) is 10.5 Å². The Bertz CT molecular complexity index is 964. The highest BCUT2D eigenvalue weighted by molar-refractivity contribution is 6.36. The van der Waals surface area contributed by atoms with Crippen molar-refractivity contribution >= 4 is 33.3 Å². The van der Waals surface area contributed by atoms with Gasteiger partial charge in [0.2, 0.25) is 0 Å². The molecule has 0 saturated carbocycles. The highest BCUT2D eigenvalue weighted by Crippen LogP contribution is 2.31. The number of nitrogens with zero attached hydrogens (tertiary/aromatic N) is 2. The zero-order valence-electron chi connectivity index (χ0n) is 11.5. The first-order chi connectivity index (χ1) is 10.3. The van der Waals surface area contributed by atoms with Crippen LogP contribution in [-0.2, 0) is 0 Å². The molecule has 0 saturated heterocycles. The fourth-order valence-electron chi connectivity index (χ4n) is 2.88. The van der Waals surface area contributed by atoms with Gasteiger partial charge in [0.25, 0.3) is 0 Å². The second-order valence-corrected chi connectivity index (χ2v) is 5.58. The third kappa shape index (κ3) is 1.83. The van der Waals surface area contributed by atoms with E-state index in [9.17, 15) is 0 Å². The summed E-state index contributed by atoms with van der Waals surface area (Å²) in [6.45, 7) is 2.12. The van der Waals surface area contributed by atoms with Crippen LogP contribution in [-0.4, -0.2) is 9.55 Å². The van der Waals surface area contributed by atoms with Crippen LogP contribution in [0.2, 0.25) is 5.02 Å². The molecule has 4 rings (SSSR count). The van der Waals surface area contributed by atoms with E-state index >= 15 is 0 Å². The summed E-state index contributed by atoms with van der Waals surface area (Å²) in [6, 6.07) is 16.3. The molecule has 0 bridgehead atoms. The summed E-state index contributed by atoms with van der Waals surface area (Å²) in [5, 5.41) is 4.06. The molecule has 0 N–H and O–H groups in total. The van der Waals surface area contributed by atoms with Gasteiger partial charge in [-0.05, 0) is 36.1 Å². The molecule has 2 nitrogen and oxygen atoms in total. The van der Waals surface area contributed by atoms with Gasteiger partial charge in [-0.15, -0.1) is 0 Å². The van der Waals surface area contributed by atoms with Gasteiger partial charge in [-0.3, -0.25) is 0 Å². The molecule has 2 aromatic carbocycles. The number of pyridine rings is 1. The van der Waals surface area contributed by atoms with Crippen molar-refractivity contribution in [3.63, 3.8) is 0 Å².